The molecule has 1 aliphatic rings. The van der Waals surface area contributed by atoms with Gasteiger partial charge in [-0.25, -0.2) is 4.79 Å². The molecular formula is C14H19NO4. The molecule has 0 saturated heterocycles. The number of likely N-dealkylation sites (N-methyl/N-ethyl adjacent to an activating group) is 1. The van der Waals surface area contributed by atoms with Crippen LogP contribution in [0.3, 0.4) is 0 Å². The van der Waals surface area contributed by atoms with Crippen molar-refractivity contribution < 1.29 is 19.0 Å². The molecule has 1 aliphatic heterocycles. The average molecular weight is 265 g/mol. The predicted molar refractivity (Wildman–Crippen MR) is 70.6 cm³/mol. The van der Waals surface area contributed by atoms with Crippen molar-refractivity contribution in [3.8, 4) is 11.5 Å². The van der Waals surface area contributed by atoms with E-state index in [4.69, 9.17) is 14.2 Å². The molecule has 5 heteroatoms. The third kappa shape index (κ3) is 2.38. The lowest BCUT2D eigenvalue weighted by atomic mass is 9.92. The topological polar surface area (TPSA) is 48.0 Å². The van der Waals surface area contributed by atoms with Gasteiger partial charge < -0.3 is 14.2 Å². The minimum Gasteiger partial charge on any atom is -0.493 e. The van der Waals surface area contributed by atoms with Crippen LogP contribution in [0.25, 0.3) is 0 Å². The third-order valence-electron chi connectivity index (χ3n) is 3.54. The smallest absolute Gasteiger partial charge is 0.327 e. The lowest BCUT2D eigenvalue weighted by Gasteiger charge is -2.33. The Morgan fingerprint density at radius 1 is 1.21 bits per heavy atom. The van der Waals surface area contributed by atoms with Crippen molar-refractivity contribution in [2.75, 3.05) is 34.9 Å². The molecule has 0 spiro atoms. The lowest BCUT2D eigenvalue weighted by Crippen LogP contribution is -2.37. The van der Waals surface area contributed by atoms with Crippen LogP contribution >= 0.6 is 0 Å². The van der Waals surface area contributed by atoms with Gasteiger partial charge in [0.15, 0.2) is 11.5 Å². The van der Waals surface area contributed by atoms with Crippen molar-refractivity contribution in [1.29, 1.82) is 0 Å². The van der Waals surface area contributed by atoms with Crippen LogP contribution in [-0.2, 0) is 16.0 Å². The summed E-state index contributed by atoms with van der Waals surface area (Å²) in [7, 11) is 6.52. The zero-order valence-corrected chi connectivity index (χ0v) is 11.7. The van der Waals surface area contributed by atoms with Gasteiger partial charge in [0.2, 0.25) is 0 Å². The Kier molecular flexibility index (Phi) is 3.95. The van der Waals surface area contributed by atoms with Crippen LogP contribution in [-0.4, -0.2) is 45.8 Å². The zero-order chi connectivity index (χ0) is 14.0. The quantitative estimate of drug-likeness (QED) is 0.773. The fourth-order valence-corrected chi connectivity index (χ4v) is 2.49. The molecule has 0 radical (unpaired) electrons. The highest BCUT2D eigenvalue weighted by atomic mass is 16.5. The maximum Gasteiger partial charge on any atom is 0.327 e. The van der Waals surface area contributed by atoms with Crippen molar-refractivity contribution in [2.45, 2.75) is 12.5 Å². The van der Waals surface area contributed by atoms with E-state index in [-0.39, 0.29) is 12.0 Å². The Bertz CT molecular complexity index is 487. The number of fused-ring (bicyclic) bond motifs is 1. The van der Waals surface area contributed by atoms with E-state index in [0.717, 1.165) is 24.1 Å². The highest BCUT2D eigenvalue weighted by Crippen LogP contribution is 2.37. The molecule has 1 aromatic rings. The third-order valence-corrected chi connectivity index (χ3v) is 3.54. The second-order valence-corrected chi connectivity index (χ2v) is 4.56. The SMILES string of the molecule is COC(=O)C1c2cc(OC)c(OC)cc2CCN1C. The molecule has 0 bridgehead atoms. The molecule has 1 atom stereocenters. The first-order chi connectivity index (χ1) is 9.12. The molecule has 1 heterocycles. The molecule has 0 saturated carbocycles. The van der Waals surface area contributed by atoms with Crippen molar-refractivity contribution in [2.24, 2.45) is 0 Å². The minimum absolute atomic E-state index is 0.254. The van der Waals surface area contributed by atoms with Gasteiger partial charge in [-0.1, -0.05) is 0 Å². The van der Waals surface area contributed by atoms with Gasteiger partial charge in [0.1, 0.15) is 6.04 Å². The number of benzene rings is 1. The van der Waals surface area contributed by atoms with Gasteiger partial charge in [-0.2, -0.15) is 0 Å². The van der Waals surface area contributed by atoms with Gasteiger partial charge in [-0.05, 0) is 36.7 Å². The summed E-state index contributed by atoms with van der Waals surface area (Å²) in [6, 6.07) is 3.43. The van der Waals surface area contributed by atoms with E-state index >= 15 is 0 Å². The first kappa shape index (κ1) is 13.7. The van der Waals surface area contributed by atoms with Crippen LogP contribution in [0.15, 0.2) is 12.1 Å². The van der Waals surface area contributed by atoms with E-state index in [1.165, 1.54) is 7.11 Å². The number of rotatable bonds is 3. The van der Waals surface area contributed by atoms with Crippen LogP contribution < -0.4 is 9.47 Å². The van der Waals surface area contributed by atoms with Crippen LogP contribution in [0.4, 0.5) is 0 Å². The highest BCUT2D eigenvalue weighted by molar-refractivity contribution is 5.79. The monoisotopic (exact) mass is 265 g/mol. The van der Waals surface area contributed by atoms with Crippen LogP contribution in [0.5, 0.6) is 11.5 Å². The van der Waals surface area contributed by atoms with E-state index in [9.17, 15) is 4.79 Å². The van der Waals surface area contributed by atoms with Gasteiger partial charge >= 0.3 is 5.97 Å². The summed E-state index contributed by atoms with van der Waals surface area (Å²) in [4.78, 5) is 13.9. The molecule has 1 aromatic carbocycles. The number of carbonyl (C=O) groups is 1. The number of hydrogen-bond donors (Lipinski definition) is 0. The first-order valence-corrected chi connectivity index (χ1v) is 6.15. The minimum atomic E-state index is -0.381. The van der Waals surface area contributed by atoms with E-state index in [1.54, 1.807) is 14.2 Å². The number of ether oxygens (including phenoxy) is 3. The van der Waals surface area contributed by atoms with Crippen LogP contribution in [0.1, 0.15) is 17.2 Å². The molecule has 0 aromatic heterocycles. The van der Waals surface area contributed by atoms with E-state index in [0.29, 0.717) is 11.5 Å². The molecule has 2 rings (SSSR count). The Morgan fingerprint density at radius 3 is 2.42 bits per heavy atom. The Balaban J connectivity index is 2.52. The summed E-state index contributed by atoms with van der Waals surface area (Å²) in [6.45, 7) is 0.808. The van der Waals surface area contributed by atoms with E-state index in [1.807, 2.05) is 24.1 Å². The number of methoxy groups -OCH3 is 3. The summed E-state index contributed by atoms with van der Waals surface area (Å²) in [6.07, 6.45) is 0.875. The molecule has 0 amide bonds. The molecule has 104 valence electrons. The second-order valence-electron chi connectivity index (χ2n) is 4.56. The van der Waals surface area contributed by atoms with Gasteiger partial charge in [-0.15, -0.1) is 0 Å². The van der Waals surface area contributed by atoms with Gasteiger partial charge in [0, 0.05) is 6.54 Å². The number of hydrogen-bond acceptors (Lipinski definition) is 5. The molecule has 1 unspecified atom stereocenters. The summed E-state index contributed by atoms with van der Waals surface area (Å²) in [5, 5.41) is 0. The van der Waals surface area contributed by atoms with Gasteiger partial charge in [-0.3, -0.25) is 4.90 Å². The number of nitrogens with zero attached hydrogens (tertiary/aromatic N) is 1. The Morgan fingerprint density at radius 2 is 1.84 bits per heavy atom. The maximum absolute atomic E-state index is 12.0. The number of esters is 1. The predicted octanol–water partition coefficient (Wildman–Crippen LogP) is 1.41. The van der Waals surface area contributed by atoms with Crippen molar-refractivity contribution >= 4 is 5.97 Å². The fourth-order valence-electron chi connectivity index (χ4n) is 2.49. The van der Waals surface area contributed by atoms with Crippen molar-refractivity contribution in [3.05, 3.63) is 23.3 Å². The molecule has 19 heavy (non-hydrogen) atoms. The van der Waals surface area contributed by atoms with Gasteiger partial charge in [0.05, 0.1) is 21.3 Å². The first-order valence-electron chi connectivity index (χ1n) is 6.15. The number of carbonyl (C=O) groups excluding carboxylic acids is 1. The highest BCUT2D eigenvalue weighted by Gasteiger charge is 2.32. The molecule has 0 fully saturated rings. The average Bonchev–Trinajstić information content (AvgIpc) is 2.44. The largest absolute Gasteiger partial charge is 0.493 e. The van der Waals surface area contributed by atoms with Gasteiger partial charge in [0.25, 0.3) is 0 Å². The second kappa shape index (κ2) is 5.48. The zero-order valence-electron chi connectivity index (χ0n) is 11.7. The standard InChI is InChI=1S/C14H19NO4/c1-15-6-5-9-7-11(17-2)12(18-3)8-10(9)13(15)14(16)19-4/h7-8,13H,5-6H2,1-4H3. The van der Waals surface area contributed by atoms with Crippen molar-refractivity contribution in [3.63, 3.8) is 0 Å². The van der Waals surface area contributed by atoms with Crippen LogP contribution in [0.2, 0.25) is 0 Å². The normalized spacial score (nSPS) is 18.6. The summed E-state index contributed by atoms with van der Waals surface area (Å²) in [5.74, 6) is 1.07. The molecule has 5 nitrogen and oxygen atoms in total. The summed E-state index contributed by atoms with van der Waals surface area (Å²) in [5.41, 5.74) is 2.03. The fraction of sp³-hybridized carbons (Fsp3) is 0.500. The van der Waals surface area contributed by atoms with E-state index in [2.05, 4.69) is 0 Å². The maximum atomic E-state index is 12.0. The van der Waals surface area contributed by atoms with Crippen molar-refractivity contribution in [1.82, 2.24) is 4.90 Å². The Hall–Kier alpha value is -1.75. The molecule has 0 N–H and O–H groups in total. The van der Waals surface area contributed by atoms with E-state index < -0.39 is 0 Å². The molecule has 0 aliphatic carbocycles. The Labute approximate surface area is 113 Å². The lowest BCUT2D eigenvalue weighted by molar-refractivity contribution is -0.147. The summed E-state index contributed by atoms with van der Waals surface area (Å²) < 4.78 is 15.5. The summed E-state index contributed by atoms with van der Waals surface area (Å²) >= 11 is 0. The van der Waals surface area contributed by atoms with Crippen LogP contribution in [0, 0.1) is 0 Å². The molecular weight excluding hydrogens is 246 g/mol.